The van der Waals surface area contributed by atoms with E-state index in [2.05, 4.69) is 4.98 Å². The van der Waals surface area contributed by atoms with Crippen LogP contribution in [0.5, 0.6) is 0 Å². The molecule has 2 fully saturated rings. The molecule has 0 unspecified atom stereocenters. The van der Waals surface area contributed by atoms with Gasteiger partial charge in [0.15, 0.2) is 0 Å². The molecular weight excluding hydrogens is 330 g/mol. The van der Waals surface area contributed by atoms with Crippen LogP contribution in [0.3, 0.4) is 0 Å². The number of likely N-dealkylation sites (tertiary alicyclic amines) is 2. The van der Waals surface area contributed by atoms with Gasteiger partial charge in [0.1, 0.15) is 4.88 Å². The van der Waals surface area contributed by atoms with Crippen molar-refractivity contribution in [3.63, 3.8) is 0 Å². The standard InChI is InChI=1S/C16H21N3O4S/c1-9-13(24-10(2)17-9)14(21)19-6-4-16(5-7-19)11(15(22)23)8-12(20)18(16)3/h11H,4-8H2,1-3H3,(H,22,23)/t11-/m1/s1. The number of aromatic nitrogens is 1. The minimum absolute atomic E-state index is 0.0485. The molecule has 2 amide bonds. The van der Waals surface area contributed by atoms with Crippen molar-refractivity contribution < 1.29 is 19.5 Å². The van der Waals surface area contributed by atoms with E-state index in [4.69, 9.17) is 0 Å². The second-order valence-corrected chi connectivity index (χ2v) is 7.79. The number of hydrogen-bond donors (Lipinski definition) is 1. The molecule has 0 aromatic carbocycles. The van der Waals surface area contributed by atoms with E-state index in [1.807, 2.05) is 13.8 Å². The van der Waals surface area contributed by atoms with Gasteiger partial charge >= 0.3 is 5.97 Å². The summed E-state index contributed by atoms with van der Waals surface area (Å²) in [7, 11) is 1.68. The molecule has 24 heavy (non-hydrogen) atoms. The molecule has 7 nitrogen and oxygen atoms in total. The Morgan fingerprint density at radius 2 is 1.92 bits per heavy atom. The number of rotatable bonds is 2. The summed E-state index contributed by atoms with van der Waals surface area (Å²) in [6, 6.07) is 0. The zero-order valence-corrected chi connectivity index (χ0v) is 14.9. The van der Waals surface area contributed by atoms with Crippen LogP contribution in [0.15, 0.2) is 0 Å². The number of carboxylic acid groups (broad SMARTS) is 1. The van der Waals surface area contributed by atoms with Crippen molar-refractivity contribution in [3.05, 3.63) is 15.6 Å². The van der Waals surface area contributed by atoms with Crippen LogP contribution in [-0.2, 0) is 9.59 Å². The van der Waals surface area contributed by atoms with Crippen molar-refractivity contribution in [1.29, 1.82) is 0 Å². The van der Waals surface area contributed by atoms with Gasteiger partial charge in [0.2, 0.25) is 5.91 Å². The first kappa shape index (κ1) is 16.9. The molecule has 1 spiro atoms. The largest absolute Gasteiger partial charge is 0.481 e. The normalized spacial score (nSPS) is 23.1. The number of hydrogen-bond acceptors (Lipinski definition) is 5. The van der Waals surface area contributed by atoms with Crippen LogP contribution in [0.1, 0.15) is 39.6 Å². The van der Waals surface area contributed by atoms with E-state index in [1.54, 1.807) is 16.8 Å². The van der Waals surface area contributed by atoms with Gasteiger partial charge in [-0.1, -0.05) is 0 Å². The summed E-state index contributed by atoms with van der Waals surface area (Å²) in [6.07, 6.45) is 1.04. The summed E-state index contributed by atoms with van der Waals surface area (Å²) in [5, 5.41) is 10.4. The topological polar surface area (TPSA) is 90.8 Å². The van der Waals surface area contributed by atoms with Crippen LogP contribution in [0.4, 0.5) is 0 Å². The first-order chi connectivity index (χ1) is 11.3. The van der Waals surface area contributed by atoms with Gasteiger partial charge < -0.3 is 14.9 Å². The Kier molecular flexibility index (Phi) is 4.11. The highest BCUT2D eigenvalue weighted by atomic mass is 32.1. The summed E-state index contributed by atoms with van der Waals surface area (Å²) < 4.78 is 0. The van der Waals surface area contributed by atoms with E-state index in [-0.39, 0.29) is 18.2 Å². The third-order valence-electron chi connectivity index (χ3n) is 5.38. The molecule has 1 atom stereocenters. The molecule has 1 aromatic rings. The summed E-state index contributed by atoms with van der Waals surface area (Å²) >= 11 is 1.39. The van der Waals surface area contributed by atoms with Crippen molar-refractivity contribution >= 4 is 29.1 Å². The predicted molar refractivity (Wildman–Crippen MR) is 88.0 cm³/mol. The van der Waals surface area contributed by atoms with E-state index in [0.717, 1.165) is 10.7 Å². The summed E-state index contributed by atoms with van der Waals surface area (Å²) in [4.78, 5) is 44.6. The number of carbonyl (C=O) groups is 3. The SMILES string of the molecule is Cc1nc(C)c(C(=O)N2CCC3(CC2)[C@@H](C(=O)O)CC(=O)N3C)s1. The molecule has 2 aliphatic rings. The van der Waals surface area contributed by atoms with E-state index >= 15 is 0 Å². The fourth-order valence-electron chi connectivity index (χ4n) is 3.96. The fourth-order valence-corrected chi connectivity index (χ4v) is 4.84. The third kappa shape index (κ3) is 2.49. The number of carbonyl (C=O) groups excluding carboxylic acids is 2. The van der Waals surface area contributed by atoms with Crippen molar-refractivity contribution in [3.8, 4) is 0 Å². The molecule has 2 aliphatic heterocycles. The highest BCUT2D eigenvalue weighted by Gasteiger charge is 2.55. The lowest BCUT2D eigenvalue weighted by atomic mass is 9.77. The molecule has 8 heteroatoms. The highest BCUT2D eigenvalue weighted by molar-refractivity contribution is 7.13. The second kappa shape index (κ2) is 5.84. The summed E-state index contributed by atoms with van der Waals surface area (Å²) in [5.41, 5.74) is 0.0672. The molecular formula is C16H21N3O4S. The Labute approximate surface area is 144 Å². The molecule has 1 aromatic heterocycles. The average molecular weight is 351 g/mol. The van der Waals surface area contributed by atoms with Gasteiger partial charge in [-0.2, -0.15) is 0 Å². The minimum atomic E-state index is -0.929. The van der Waals surface area contributed by atoms with Crippen LogP contribution < -0.4 is 0 Å². The van der Waals surface area contributed by atoms with Crippen LogP contribution in [0.25, 0.3) is 0 Å². The van der Waals surface area contributed by atoms with Crippen molar-refractivity contribution in [2.24, 2.45) is 5.92 Å². The molecule has 2 saturated heterocycles. The van der Waals surface area contributed by atoms with Gasteiger partial charge in [-0.15, -0.1) is 11.3 Å². The molecule has 130 valence electrons. The minimum Gasteiger partial charge on any atom is -0.481 e. The van der Waals surface area contributed by atoms with Gasteiger partial charge in [-0.05, 0) is 26.7 Å². The first-order valence-corrected chi connectivity index (χ1v) is 8.80. The highest BCUT2D eigenvalue weighted by Crippen LogP contribution is 2.43. The van der Waals surface area contributed by atoms with Gasteiger partial charge in [0.25, 0.3) is 5.91 Å². The molecule has 3 heterocycles. The Bertz CT molecular complexity index is 706. The van der Waals surface area contributed by atoms with Gasteiger partial charge in [-0.3, -0.25) is 14.4 Å². The first-order valence-electron chi connectivity index (χ1n) is 7.99. The van der Waals surface area contributed by atoms with Gasteiger partial charge in [0, 0.05) is 26.6 Å². The zero-order valence-electron chi connectivity index (χ0n) is 14.0. The van der Waals surface area contributed by atoms with Crippen molar-refractivity contribution in [1.82, 2.24) is 14.8 Å². The van der Waals surface area contributed by atoms with E-state index in [9.17, 15) is 19.5 Å². The second-order valence-electron chi connectivity index (χ2n) is 6.59. The van der Waals surface area contributed by atoms with Crippen LogP contribution in [0, 0.1) is 19.8 Å². The summed E-state index contributed by atoms with van der Waals surface area (Å²) in [5.74, 6) is -1.80. The zero-order chi connectivity index (χ0) is 17.6. The van der Waals surface area contributed by atoms with Gasteiger partial charge in [0.05, 0.1) is 22.2 Å². The lowest BCUT2D eigenvalue weighted by molar-refractivity contribution is -0.145. The molecule has 1 N–H and O–H groups in total. The lowest BCUT2D eigenvalue weighted by Gasteiger charge is -2.45. The maximum absolute atomic E-state index is 12.7. The predicted octanol–water partition coefficient (Wildman–Crippen LogP) is 1.30. The monoisotopic (exact) mass is 351 g/mol. The van der Waals surface area contributed by atoms with Gasteiger partial charge in [-0.25, -0.2) is 4.98 Å². The van der Waals surface area contributed by atoms with Crippen LogP contribution in [0.2, 0.25) is 0 Å². The van der Waals surface area contributed by atoms with E-state index < -0.39 is 17.4 Å². The Hall–Kier alpha value is -1.96. The summed E-state index contributed by atoms with van der Waals surface area (Å²) in [6.45, 7) is 4.61. The number of aryl methyl sites for hydroxylation is 2. The molecule has 0 bridgehead atoms. The Morgan fingerprint density at radius 1 is 1.29 bits per heavy atom. The average Bonchev–Trinajstić information content (AvgIpc) is 2.99. The van der Waals surface area contributed by atoms with Crippen LogP contribution >= 0.6 is 11.3 Å². The van der Waals surface area contributed by atoms with Crippen molar-refractivity contribution in [2.45, 2.75) is 38.6 Å². The lowest BCUT2D eigenvalue weighted by Crippen LogP contribution is -2.56. The quantitative estimate of drug-likeness (QED) is 0.867. The number of piperidine rings is 1. The number of thiazole rings is 1. The maximum atomic E-state index is 12.7. The van der Waals surface area contributed by atoms with Crippen LogP contribution in [-0.4, -0.2) is 63.4 Å². The molecule has 0 radical (unpaired) electrons. The van der Waals surface area contributed by atoms with E-state index in [0.29, 0.717) is 30.8 Å². The van der Waals surface area contributed by atoms with Crippen molar-refractivity contribution in [2.75, 3.05) is 20.1 Å². The fraction of sp³-hybridized carbons (Fsp3) is 0.625. The van der Waals surface area contributed by atoms with E-state index in [1.165, 1.54) is 11.3 Å². The molecule has 3 rings (SSSR count). The third-order valence-corrected chi connectivity index (χ3v) is 6.44. The number of nitrogens with zero attached hydrogens (tertiary/aromatic N) is 3. The number of aliphatic carboxylic acids is 1. The molecule has 0 saturated carbocycles. The smallest absolute Gasteiger partial charge is 0.309 e. The molecule has 0 aliphatic carbocycles. The Balaban J connectivity index is 1.77. The number of amides is 2. The Morgan fingerprint density at radius 3 is 2.42 bits per heavy atom. The number of carboxylic acids is 1. The maximum Gasteiger partial charge on any atom is 0.309 e.